The lowest BCUT2D eigenvalue weighted by molar-refractivity contribution is -0.0710. The molecule has 0 bridgehead atoms. The van der Waals surface area contributed by atoms with Crippen molar-refractivity contribution in [2.45, 2.75) is 51.2 Å². The van der Waals surface area contributed by atoms with Crippen LogP contribution in [-0.2, 0) is 4.74 Å². The highest BCUT2D eigenvalue weighted by atomic mass is 32.2. The average Bonchev–Trinajstić information content (AvgIpc) is 2.75. The van der Waals surface area contributed by atoms with Crippen molar-refractivity contribution < 1.29 is 9.84 Å². The van der Waals surface area contributed by atoms with Gasteiger partial charge in [-0.3, -0.25) is 0 Å². The van der Waals surface area contributed by atoms with Crippen LogP contribution in [0.25, 0.3) is 0 Å². The SMILES string of the molecule is CC(C)(CCO)CNC1CCOC2(CCSC2)C1. The Morgan fingerprint density at radius 2 is 2.33 bits per heavy atom. The van der Waals surface area contributed by atoms with E-state index in [9.17, 15) is 0 Å². The summed E-state index contributed by atoms with van der Waals surface area (Å²) in [7, 11) is 0. The van der Waals surface area contributed by atoms with E-state index in [2.05, 4.69) is 19.2 Å². The molecule has 0 aromatic heterocycles. The molecule has 2 rings (SSSR count). The molecular formula is C14H27NO2S. The van der Waals surface area contributed by atoms with Gasteiger partial charge in [0, 0.05) is 31.6 Å². The van der Waals surface area contributed by atoms with Gasteiger partial charge in [-0.05, 0) is 36.9 Å². The number of thioether (sulfide) groups is 1. The van der Waals surface area contributed by atoms with Crippen LogP contribution in [-0.4, -0.2) is 48.0 Å². The van der Waals surface area contributed by atoms with Crippen LogP contribution in [0.15, 0.2) is 0 Å². The fourth-order valence-electron chi connectivity index (χ4n) is 2.88. The normalized spacial score (nSPS) is 33.2. The molecule has 2 aliphatic heterocycles. The highest BCUT2D eigenvalue weighted by molar-refractivity contribution is 7.99. The Morgan fingerprint density at radius 1 is 1.50 bits per heavy atom. The van der Waals surface area contributed by atoms with Crippen molar-refractivity contribution >= 4 is 11.8 Å². The Hall–Kier alpha value is 0.230. The van der Waals surface area contributed by atoms with Crippen molar-refractivity contribution in [2.24, 2.45) is 5.41 Å². The number of aliphatic hydroxyl groups is 1. The lowest BCUT2D eigenvalue weighted by atomic mass is 9.87. The molecule has 0 radical (unpaired) electrons. The highest BCUT2D eigenvalue weighted by Gasteiger charge is 2.40. The van der Waals surface area contributed by atoms with Gasteiger partial charge in [0.25, 0.3) is 0 Å². The number of hydrogen-bond donors (Lipinski definition) is 2. The maximum atomic E-state index is 9.06. The number of ether oxygens (including phenoxy) is 1. The van der Waals surface area contributed by atoms with Crippen LogP contribution in [0.5, 0.6) is 0 Å². The van der Waals surface area contributed by atoms with Crippen molar-refractivity contribution in [3.05, 3.63) is 0 Å². The zero-order valence-corrected chi connectivity index (χ0v) is 12.5. The van der Waals surface area contributed by atoms with Crippen LogP contribution in [0.4, 0.5) is 0 Å². The Bertz CT molecular complexity index is 265. The molecule has 0 amide bonds. The first-order chi connectivity index (χ1) is 8.55. The molecular weight excluding hydrogens is 246 g/mol. The van der Waals surface area contributed by atoms with Crippen molar-refractivity contribution in [2.75, 3.05) is 31.3 Å². The van der Waals surface area contributed by atoms with E-state index in [4.69, 9.17) is 9.84 Å². The summed E-state index contributed by atoms with van der Waals surface area (Å²) in [4.78, 5) is 0. The largest absolute Gasteiger partial charge is 0.396 e. The summed E-state index contributed by atoms with van der Waals surface area (Å²) in [6.07, 6.45) is 4.37. The van der Waals surface area contributed by atoms with Gasteiger partial charge in [0.2, 0.25) is 0 Å². The number of aliphatic hydroxyl groups excluding tert-OH is 1. The minimum Gasteiger partial charge on any atom is -0.396 e. The van der Waals surface area contributed by atoms with E-state index in [0.29, 0.717) is 6.04 Å². The third-order valence-corrected chi connectivity index (χ3v) is 5.44. The fourth-order valence-corrected chi connectivity index (χ4v) is 4.26. The Labute approximate surface area is 115 Å². The number of nitrogens with one attached hydrogen (secondary N) is 1. The molecule has 3 nitrogen and oxygen atoms in total. The molecule has 2 heterocycles. The second-order valence-corrected chi connectivity index (χ2v) is 7.65. The smallest absolute Gasteiger partial charge is 0.0795 e. The Morgan fingerprint density at radius 3 is 3.00 bits per heavy atom. The van der Waals surface area contributed by atoms with Crippen molar-refractivity contribution in [3.8, 4) is 0 Å². The fraction of sp³-hybridized carbons (Fsp3) is 1.00. The summed E-state index contributed by atoms with van der Waals surface area (Å²) in [5.41, 5.74) is 0.354. The van der Waals surface area contributed by atoms with Crippen LogP contribution in [0, 0.1) is 5.41 Å². The molecule has 2 unspecified atom stereocenters. The van der Waals surface area contributed by atoms with E-state index in [1.165, 1.54) is 17.9 Å². The van der Waals surface area contributed by atoms with Gasteiger partial charge >= 0.3 is 0 Å². The van der Waals surface area contributed by atoms with Crippen LogP contribution < -0.4 is 5.32 Å². The molecule has 18 heavy (non-hydrogen) atoms. The Kier molecular flexibility index (Phi) is 4.98. The van der Waals surface area contributed by atoms with Crippen LogP contribution in [0.2, 0.25) is 0 Å². The molecule has 106 valence electrons. The summed E-state index contributed by atoms with van der Waals surface area (Å²) in [5, 5.41) is 12.8. The van der Waals surface area contributed by atoms with Crippen LogP contribution in [0.3, 0.4) is 0 Å². The minimum atomic E-state index is 0.168. The zero-order valence-electron chi connectivity index (χ0n) is 11.7. The maximum Gasteiger partial charge on any atom is 0.0795 e. The number of rotatable bonds is 5. The van der Waals surface area contributed by atoms with Crippen LogP contribution in [0.1, 0.15) is 39.5 Å². The van der Waals surface area contributed by atoms with E-state index in [0.717, 1.165) is 32.4 Å². The van der Waals surface area contributed by atoms with Gasteiger partial charge in [-0.25, -0.2) is 0 Å². The van der Waals surface area contributed by atoms with E-state index in [-0.39, 0.29) is 17.6 Å². The van der Waals surface area contributed by atoms with E-state index in [1.807, 2.05) is 11.8 Å². The first kappa shape index (κ1) is 14.6. The summed E-state index contributed by atoms with van der Waals surface area (Å²) in [6.45, 7) is 6.61. The summed E-state index contributed by atoms with van der Waals surface area (Å²) < 4.78 is 6.04. The van der Waals surface area contributed by atoms with Crippen molar-refractivity contribution in [1.29, 1.82) is 0 Å². The van der Waals surface area contributed by atoms with Gasteiger partial charge in [-0.1, -0.05) is 13.8 Å². The quantitative estimate of drug-likeness (QED) is 0.804. The van der Waals surface area contributed by atoms with Gasteiger partial charge in [0.15, 0.2) is 0 Å². The molecule has 2 atom stereocenters. The molecule has 2 fully saturated rings. The topological polar surface area (TPSA) is 41.5 Å². The second kappa shape index (κ2) is 6.12. The third kappa shape index (κ3) is 3.86. The molecule has 2 N–H and O–H groups in total. The lowest BCUT2D eigenvalue weighted by Crippen LogP contribution is -2.49. The first-order valence-corrected chi connectivity index (χ1v) is 8.27. The minimum absolute atomic E-state index is 0.168. The zero-order chi connectivity index (χ0) is 13.1. The summed E-state index contributed by atoms with van der Waals surface area (Å²) in [6, 6.07) is 0.593. The Balaban J connectivity index is 1.79. The average molecular weight is 273 g/mol. The molecule has 0 aromatic rings. The van der Waals surface area contributed by atoms with Gasteiger partial charge in [-0.15, -0.1) is 0 Å². The van der Waals surface area contributed by atoms with Gasteiger partial charge in [-0.2, -0.15) is 11.8 Å². The van der Waals surface area contributed by atoms with Gasteiger partial charge < -0.3 is 15.2 Å². The second-order valence-electron chi connectivity index (χ2n) is 6.54. The monoisotopic (exact) mass is 273 g/mol. The van der Waals surface area contributed by atoms with Crippen LogP contribution >= 0.6 is 11.8 Å². The first-order valence-electron chi connectivity index (χ1n) is 7.11. The predicted molar refractivity (Wildman–Crippen MR) is 77.1 cm³/mol. The lowest BCUT2D eigenvalue weighted by Gasteiger charge is -2.39. The standard InChI is InChI=1S/C14H27NO2S/c1-13(2,4-6-16)10-15-12-3-7-17-14(9-12)5-8-18-11-14/h12,15-16H,3-11H2,1-2H3. The molecule has 2 saturated heterocycles. The molecule has 0 saturated carbocycles. The molecule has 4 heteroatoms. The van der Waals surface area contributed by atoms with E-state index >= 15 is 0 Å². The summed E-state index contributed by atoms with van der Waals surface area (Å²) >= 11 is 2.03. The predicted octanol–water partition coefficient (Wildman–Crippen LogP) is 2.04. The third-order valence-electron chi connectivity index (χ3n) is 4.22. The molecule has 1 spiro atoms. The maximum absolute atomic E-state index is 9.06. The van der Waals surface area contributed by atoms with E-state index < -0.39 is 0 Å². The van der Waals surface area contributed by atoms with Gasteiger partial charge in [0.1, 0.15) is 0 Å². The number of hydrogen-bond acceptors (Lipinski definition) is 4. The molecule has 2 aliphatic rings. The highest BCUT2D eigenvalue weighted by Crippen LogP contribution is 2.38. The van der Waals surface area contributed by atoms with E-state index in [1.54, 1.807) is 0 Å². The molecule has 0 aliphatic carbocycles. The summed E-state index contributed by atoms with van der Waals surface area (Å²) in [5.74, 6) is 2.42. The molecule has 0 aromatic carbocycles. The van der Waals surface area contributed by atoms with Crippen molar-refractivity contribution in [3.63, 3.8) is 0 Å². The van der Waals surface area contributed by atoms with Crippen molar-refractivity contribution in [1.82, 2.24) is 5.32 Å². The van der Waals surface area contributed by atoms with Gasteiger partial charge in [0.05, 0.1) is 5.60 Å².